The van der Waals surface area contributed by atoms with Crippen molar-refractivity contribution in [1.29, 1.82) is 0 Å². The summed E-state index contributed by atoms with van der Waals surface area (Å²) in [6.07, 6.45) is 2.62. The number of anilines is 1. The van der Waals surface area contributed by atoms with E-state index in [-0.39, 0.29) is 5.91 Å². The minimum absolute atomic E-state index is 0.0447. The molecule has 1 amide bonds. The van der Waals surface area contributed by atoms with Gasteiger partial charge in [-0.05, 0) is 30.7 Å². The average Bonchev–Trinajstić information content (AvgIpc) is 2.42. The molecule has 0 aliphatic heterocycles. The quantitative estimate of drug-likeness (QED) is 0.759. The second kappa shape index (κ2) is 7.20. The second-order valence-corrected chi connectivity index (χ2v) is 3.95. The largest absolute Gasteiger partial charge is 0.478 e. The van der Waals surface area contributed by atoms with Crippen LogP contribution in [0, 0.1) is 0 Å². The molecule has 0 aliphatic carbocycles. The Balaban J connectivity index is 2.78. The van der Waals surface area contributed by atoms with E-state index in [4.69, 9.17) is 5.11 Å². The van der Waals surface area contributed by atoms with E-state index in [1.54, 1.807) is 7.05 Å². The maximum Gasteiger partial charge on any atom is 0.328 e. The Morgan fingerprint density at radius 2 is 1.95 bits per heavy atom. The predicted molar refractivity (Wildman–Crippen MR) is 75.1 cm³/mol. The van der Waals surface area contributed by atoms with Crippen molar-refractivity contribution in [1.82, 2.24) is 5.32 Å². The van der Waals surface area contributed by atoms with Crippen molar-refractivity contribution < 1.29 is 14.7 Å². The number of nitrogens with zero attached hydrogens (tertiary/aromatic N) is 1. The van der Waals surface area contributed by atoms with Crippen LogP contribution in [0.2, 0.25) is 0 Å². The molecular weight excluding hydrogens is 244 g/mol. The van der Waals surface area contributed by atoms with Gasteiger partial charge in [0, 0.05) is 25.4 Å². The van der Waals surface area contributed by atoms with Gasteiger partial charge >= 0.3 is 5.97 Å². The molecule has 5 heteroatoms. The number of amides is 1. The van der Waals surface area contributed by atoms with Crippen molar-refractivity contribution in [3.8, 4) is 0 Å². The van der Waals surface area contributed by atoms with Gasteiger partial charge in [-0.15, -0.1) is 0 Å². The SMILES string of the molecule is CCN(CC(=O)NC)c1ccc(/C=C/C(=O)O)cc1. The Kier molecular flexibility index (Phi) is 5.60. The van der Waals surface area contributed by atoms with Gasteiger partial charge in [-0.3, -0.25) is 4.79 Å². The van der Waals surface area contributed by atoms with E-state index < -0.39 is 5.97 Å². The molecule has 5 nitrogen and oxygen atoms in total. The molecule has 19 heavy (non-hydrogen) atoms. The Labute approximate surface area is 112 Å². The molecule has 0 spiro atoms. The third-order valence-corrected chi connectivity index (χ3v) is 2.67. The normalized spacial score (nSPS) is 10.4. The van der Waals surface area contributed by atoms with Crippen molar-refractivity contribution >= 4 is 23.6 Å². The van der Waals surface area contributed by atoms with E-state index >= 15 is 0 Å². The van der Waals surface area contributed by atoms with Crippen LogP contribution in [0.1, 0.15) is 12.5 Å². The van der Waals surface area contributed by atoms with Crippen LogP contribution in [-0.2, 0) is 9.59 Å². The molecule has 0 unspecified atom stereocenters. The van der Waals surface area contributed by atoms with Gasteiger partial charge in [-0.1, -0.05) is 12.1 Å². The van der Waals surface area contributed by atoms with Gasteiger partial charge in [0.1, 0.15) is 0 Å². The molecule has 0 heterocycles. The average molecular weight is 262 g/mol. The lowest BCUT2D eigenvalue weighted by molar-refractivity contribution is -0.131. The van der Waals surface area contributed by atoms with Crippen LogP contribution in [0.15, 0.2) is 30.3 Å². The molecule has 0 aromatic heterocycles. The fraction of sp³-hybridized carbons (Fsp3) is 0.286. The number of hydrogen-bond acceptors (Lipinski definition) is 3. The minimum Gasteiger partial charge on any atom is -0.478 e. The van der Waals surface area contributed by atoms with Crippen molar-refractivity contribution in [2.24, 2.45) is 0 Å². The van der Waals surface area contributed by atoms with Crippen LogP contribution in [0.4, 0.5) is 5.69 Å². The molecule has 0 saturated heterocycles. The number of carboxylic acids is 1. The first-order chi connectivity index (χ1) is 9.06. The number of benzene rings is 1. The maximum atomic E-state index is 11.4. The summed E-state index contributed by atoms with van der Waals surface area (Å²) < 4.78 is 0. The molecule has 1 aromatic rings. The zero-order valence-electron chi connectivity index (χ0n) is 11.1. The standard InChI is InChI=1S/C14H18N2O3/c1-3-16(10-13(17)15-2)12-7-4-11(5-8-12)6-9-14(18)19/h4-9H,3,10H2,1-2H3,(H,15,17)(H,18,19)/b9-6+. The van der Waals surface area contributed by atoms with E-state index in [9.17, 15) is 9.59 Å². The third-order valence-electron chi connectivity index (χ3n) is 2.67. The first kappa shape index (κ1) is 14.8. The fourth-order valence-electron chi connectivity index (χ4n) is 1.60. The van der Waals surface area contributed by atoms with Gasteiger partial charge in [-0.2, -0.15) is 0 Å². The monoisotopic (exact) mass is 262 g/mol. The number of nitrogens with one attached hydrogen (secondary N) is 1. The van der Waals surface area contributed by atoms with Crippen LogP contribution >= 0.6 is 0 Å². The second-order valence-electron chi connectivity index (χ2n) is 3.95. The van der Waals surface area contributed by atoms with Gasteiger partial charge < -0.3 is 15.3 Å². The first-order valence-electron chi connectivity index (χ1n) is 6.03. The lowest BCUT2D eigenvalue weighted by Crippen LogP contribution is -2.35. The molecule has 2 N–H and O–H groups in total. The highest BCUT2D eigenvalue weighted by atomic mass is 16.4. The summed E-state index contributed by atoms with van der Waals surface area (Å²) in [7, 11) is 1.61. The fourth-order valence-corrected chi connectivity index (χ4v) is 1.60. The number of hydrogen-bond donors (Lipinski definition) is 2. The highest BCUT2D eigenvalue weighted by molar-refractivity contribution is 5.85. The summed E-state index contributed by atoms with van der Waals surface area (Å²) in [5.41, 5.74) is 1.74. The molecule has 1 aromatic carbocycles. The van der Waals surface area contributed by atoms with Gasteiger partial charge in [-0.25, -0.2) is 4.79 Å². The van der Waals surface area contributed by atoms with Crippen LogP contribution in [0.5, 0.6) is 0 Å². The number of aliphatic carboxylic acids is 1. The van der Waals surface area contributed by atoms with Crippen molar-refractivity contribution in [2.45, 2.75) is 6.92 Å². The Morgan fingerprint density at radius 3 is 2.42 bits per heavy atom. The molecule has 0 fully saturated rings. The third kappa shape index (κ3) is 4.83. The summed E-state index contributed by atoms with van der Waals surface area (Å²) in [6, 6.07) is 7.38. The van der Waals surface area contributed by atoms with Crippen LogP contribution < -0.4 is 10.2 Å². The number of carbonyl (C=O) groups is 2. The smallest absolute Gasteiger partial charge is 0.328 e. The number of carboxylic acid groups (broad SMARTS) is 1. The van der Waals surface area contributed by atoms with Gasteiger partial charge in [0.05, 0.1) is 6.54 Å². The number of carbonyl (C=O) groups excluding carboxylic acids is 1. The molecule has 0 atom stereocenters. The summed E-state index contributed by atoms with van der Waals surface area (Å²) in [4.78, 5) is 23.7. The number of likely N-dealkylation sites (N-methyl/N-ethyl adjacent to an activating group) is 2. The van der Waals surface area contributed by atoms with Gasteiger partial charge in [0.25, 0.3) is 0 Å². The summed E-state index contributed by atoms with van der Waals surface area (Å²) in [5, 5.41) is 11.1. The lowest BCUT2D eigenvalue weighted by Gasteiger charge is -2.22. The molecule has 0 bridgehead atoms. The zero-order chi connectivity index (χ0) is 14.3. The topological polar surface area (TPSA) is 69.6 Å². The Bertz CT molecular complexity index is 466. The molecule has 0 aliphatic rings. The molecule has 0 saturated carbocycles. The van der Waals surface area contributed by atoms with Crippen LogP contribution in [-0.4, -0.2) is 37.1 Å². The molecule has 0 radical (unpaired) electrons. The summed E-state index contributed by atoms with van der Waals surface area (Å²) >= 11 is 0. The van der Waals surface area contributed by atoms with Crippen molar-refractivity contribution in [3.05, 3.63) is 35.9 Å². The molecular formula is C14H18N2O3. The van der Waals surface area contributed by atoms with Crippen LogP contribution in [0.3, 0.4) is 0 Å². The number of rotatable bonds is 6. The van der Waals surface area contributed by atoms with Crippen molar-refractivity contribution in [3.63, 3.8) is 0 Å². The summed E-state index contributed by atoms with van der Waals surface area (Å²) in [5.74, 6) is -1.02. The van der Waals surface area contributed by atoms with E-state index in [0.29, 0.717) is 6.54 Å². The minimum atomic E-state index is -0.973. The highest BCUT2D eigenvalue weighted by Crippen LogP contribution is 2.15. The predicted octanol–water partition coefficient (Wildman–Crippen LogP) is 1.36. The lowest BCUT2D eigenvalue weighted by atomic mass is 10.2. The van der Waals surface area contributed by atoms with Crippen LogP contribution in [0.25, 0.3) is 6.08 Å². The zero-order valence-corrected chi connectivity index (χ0v) is 11.1. The summed E-state index contributed by atoms with van der Waals surface area (Å²) in [6.45, 7) is 3.00. The molecule has 102 valence electrons. The Morgan fingerprint density at radius 1 is 1.32 bits per heavy atom. The van der Waals surface area contributed by atoms with E-state index in [0.717, 1.165) is 23.9 Å². The molecule has 1 rings (SSSR count). The van der Waals surface area contributed by atoms with Gasteiger partial charge in [0.2, 0.25) is 5.91 Å². The van der Waals surface area contributed by atoms with Crippen molar-refractivity contribution in [2.75, 3.05) is 25.0 Å². The van der Waals surface area contributed by atoms with E-state index in [1.165, 1.54) is 6.08 Å². The first-order valence-corrected chi connectivity index (χ1v) is 6.03. The highest BCUT2D eigenvalue weighted by Gasteiger charge is 2.08. The maximum absolute atomic E-state index is 11.4. The van der Waals surface area contributed by atoms with E-state index in [1.807, 2.05) is 36.1 Å². The Hall–Kier alpha value is -2.30. The van der Waals surface area contributed by atoms with E-state index in [2.05, 4.69) is 5.32 Å². The van der Waals surface area contributed by atoms with Gasteiger partial charge in [0.15, 0.2) is 0 Å².